The number of amides is 2. The van der Waals surface area contributed by atoms with Crippen molar-refractivity contribution in [1.82, 2.24) is 15.5 Å². The normalized spacial score (nSPS) is 19.6. The van der Waals surface area contributed by atoms with E-state index in [4.69, 9.17) is 9.84 Å². The number of urea groups is 1. The van der Waals surface area contributed by atoms with Gasteiger partial charge in [-0.2, -0.15) is 0 Å². The Morgan fingerprint density at radius 1 is 1.44 bits per heavy atom. The van der Waals surface area contributed by atoms with Crippen molar-refractivity contribution in [3.05, 3.63) is 0 Å². The maximum absolute atomic E-state index is 11.8. The predicted molar refractivity (Wildman–Crippen MR) is 65.5 cm³/mol. The number of carbonyl (C=O) groups is 2. The first-order chi connectivity index (χ1) is 8.63. The molecule has 1 fully saturated rings. The fourth-order valence-electron chi connectivity index (χ4n) is 1.79. The summed E-state index contributed by atoms with van der Waals surface area (Å²) >= 11 is 0. The summed E-state index contributed by atoms with van der Waals surface area (Å²) in [5.74, 6) is -0.906. The Labute approximate surface area is 106 Å². The summed E-state index contributed by atoms with van der Waals surface area (Å²) in [5.41, 5.74) is 0. The molecule has 1 unspecified atom stereocenters. The van der Waals surface area contributed by atoms with Crippen LogP contribution in [0.25, 0.3) is 0 Å². The van der Waals surface area contributed by atoms with Crippen molar-refractivity contribution in [2.45, 2.75) is 18.9 Å². The molecule has 1 saturated heterocycles. The number of rotatable bonds is 6. The van der Waals surface area contributed by atoms with Crippen LogP contribution in [0.3, 0.4) is 0 Å². The molecule has 0 bridgehead atoms. The average molecular weight is 259 g/mol. The topological polar surface area (TPSA) is 90.9 Å². The zero-order valence-corrected chi connectivity index (χ0v) is 10.6. The van der Waals surface area contributed by atoms with Gasteiger partial charge in [-0.1, -0.05) is 0 Å². The Kier molecular flexibility index (Phi) is 6.45. The molecule has 1 atom stereocenters. The Bertz CT molecular complexity index is 285. The van der Waals surface area contributed by atoms with Crippen LogP contribution in [0.5, 0.6) is 0 Å². The van der Waals surface area contributed by atoms with Gasteiger partial charge in [0.15, 0.2) is 0 Å². The molecule has 7 heteroatoms. The molecule has 1 rings (SSSR count). The second-order valence-electron chi connectivity index (χ2n) is 4.23. The third kappa shape index (κ3) is 5.33. The van der Waals surface area contributed by atoms with Crippen molar-refractivity contribution in [2.75, 3.05) is 39.8 Å². The Morgan fingerprint density at radius 2 is 2.22 bits per heavy atom. The van der Waals surface area contributed by atoms with E-state index in [1.165, 1.54) is 0 Å². The molecule has 0 radical (unpaired) electrons. The first-order valence-corrected chi connectivity index (χ1v) is 6.14. The maximum Gasteiger partial charge on any atom is 0.317 e. The zero-order valence-electron chi connectivity index (χ0n) is 10.6. The van der Waals surface area contributed by atoms with Crippen molar-refractivity contribution in [3.8, 4) is 0 Å². The van der Waals surface area contributed by atoms with Crippen molar-refractivity contribution < 1.29 is 19.4 Å². The minimum Gasteiger partial charge on any atom is -0.481 e. The lowest BCUT2D eigenvalue weighted by molar-refractivity contribution is -0.141. The minimum atomic E-state index is -0.906. The molecule has 1 heterocycles. The lowest BCUT2D eigenvalue weighted by Gasteiger charge is -2.32. The number of morpholine rings is 1. The van der Waals surface area contributed by atoms with Crippen LogP contribution in [-0.4, -0.2) is 67.9 Å². The van der Waals surface area contributed by atoms with Crippen LogP contribution in [-0.2, 0) is 9.53 Å². The van der Waals surface area contributed by atoms with Gasteiger partial charge in [-0.05, 0) is 20.0 Å². The molecule has 0 aromatic carbocycles. The lowest BCUT2D eigenvalue weighted by atomic mass is 10.2. The van der Waals surface area contributed by atoms with Gasteiger partial charge in [0, 0.05) is 19.6 Å². The number of nitrogens with zero attached hydrogens (tertiary/aromatic N) is 1. The SMILES string of the molecule is CNCCCNC(=O)N1CCOC(CC(=O)O)C1. The smallest absolute Gasteiger partial charge is 0.317 e. The molecular weight excluding hydrogens is 238 g/mol. The van der Waals surface area contributed by atoms with E-state index in [0.717, 1.165) is 13.0 Å². The van der Waals surface area contributed by atoms with Gasteiger partial charge in [0.2, 0.25) is 0 Å². The third-order valence-corrected chi connectivity index (χ3v) is 2.71. The van der Waals surface area contributed by atoms with E-state index in [1.54, 1.807) is 4.90 Å². The van der Waals surface area contributed by atoms with Crippen LogP contribution in [0.15, 0.2) is 0 Å². The lowest BCUT2D eigenvalue weighted by Crippen LogP contribution is -2.50. The Balaban J connectivity index is 2.27. The summed E-state index contributed by atoms with van der Waals surface area (Å²) in [7, 11) is 1.86. The first kappa shape index (κ1) is 14.7. The molecule has 2 amide bonds. The molecule has 1 aliphatic rings. The van der Waals surface area contributed by atoms with Gasteiger partial charge in [0.1, 0.15) is 0 Å². The van der Waals surface area contributed by atoms with E-state index < -0.39 is 12.1 Å². The monoisotopic (exact) mass is 259 g/mol. The standard InChI is InChI=1S/C11H21N3O4/c1-12-3-2-4-13-11(17)14-5-6-18-9(8-14)7-10(15)16/h9,12H,2-8H2,1H3,(H,13,17)(H,15,16). The zero-order chi connectivity index (χ0) is 13.4. The van der Waals surface area contributed by atoms with Crippen LogP contribution < -0.4 is 10.6 Å². The number of nitrogens with one attached hydrogen (secondary N) is 2. The summed E-state index contributed by atoms with van der Waals surface area (Å²) in [6, 6.07) is -0.148. The summed E-state index contributed by atoms with van der Waals surface area (Å²) in [5, 5.41) is 14.5. The van der Waals surface area contributed by atoms with E-state index in [9.17, 15) is 9.59 Å². The van der Waals surface area contributed by atoms with E-state index in [-0.39, 0.29) is 12.5 Å². The second kappa shape index (κ2) is 7.88. The van der Waals surface area contributed by atoms with Gasteiger partial charge in [-0.25, -0.2) is 4.79 Å². The van der Waals surface area contributed by atoms with Crippen LogP contribution in [0.2, 0.25) is 0 Å². The van der Waals surface area contributed by atoms with Crippen molar-refractivity contribution in [3.63, 3.8) is 0 Å². The van der Waals surface area contributed by atoms with Crippen LogP contribution in [0.4, 0.5) is 4.79 Å². The van der Waals surface area contributed by atoms with Crippen LogP contribution in [0, 0.1) is 0 Å². The number of hydrogen-bond acceptors (Lipinski definition) is 4. The molecule has 0 saturated carbocycles. The fourth-order valence-corrected chi connectivity index (χ4v) is 1.79. The second-order valence-corrected chi connectivity index (χ2v) is 4.23. The summed E-state index contributed by atoms with van der Waals surface area (Å²) in [6.45, 7) is 2.70. The van der Waals surface area contributed by atoms with E-state index in [1.807, 2.05) is 7.05 Å². The molecule has 3 N–H and O–H groups in total. The Hall–Kier alpha value is -1.34. The van der Waals surface area contributed by atoms with Gasteiger partial charge < -0.3 is 25.4 Å². The molecule has 18 heavy (non-hydrogen) atoms. The first-order valence-electron chi connectivity index (χ1n) is 6.14. The molecule has 104 valence electrons. The predicted octanol–water partition coefficient (Wildman–Crippen LogP) is -0.519. The van der Waals surface area contributed by atoms with Crippen molar-refractivity contribution >= 4 is 12.0 Å². The van der Waals surface area contributed by atoms with Crippen molar-refractivity contribution in [1.29, 1.82) is 0 Å². The molecule has 1 aliphatic heterocycles. The molecule has 7 nitrogen and oxygen atoms in total. The molecule has 0 aliphatic carbocycles. The van der Waals surface area contributed by atoms with E-state index in [2.05, 4.69) is 10.6 Å². The largest absolute Gasteiger partial charge is 0.481 e. The number of hydrogen-bond donors (Lipinski definition) is 3. The number of carboxylic acids is 1. The van der Waals surface area contributed by atoms with Crippen molar-refractivity contribution in [2.24, 2.45) is 0 Å². The molecule has 0 aromatic heterocycles. The summed E-state index contributed by atoms with van der Waals surface area (Å²) < 4.78 is 5.30. The van der Waals surface area contributed by atoms with E-state index in [0.29, 0.717) is 26.2 Å². The highest BCUT2D eigenvalue weighted by molar-refractivity contribution is 5.74. The highest BCUT2D eigenvalue weighted by Crippen LogP contribution is 2.08. The minimum absolute atomic E-state index is 0.0659. The Morgan fingerprint density at radius 3 is 2.89 bits per heavy atom. The molecular formula is C11H21N3O4. The maximum atomic E-state index is 11.8. The number of carbonyl (C=O) groups excluding carboxylic acids is 1. The van der Waals surface area contributed by atoms with Gasteiger partial charge in [0.25, 0.3) is 0 Å². The van der Waals surface area contributed by atoms with Gasteiger partial charge >= 0.3 is 12.0 Å². The highest BCUT2D eigenvalue weighted by Gasteiger charge is 2.25. The quantitative estimate of drug-likeness (QED) is 0.558. The number of ether oxygens (including phenoxy) is 1. The highest BCUT2D eigenvalue weighted by atomic mass is 16.5. The fraction of sp³-hybridized carbons (Fsp3) is 0.818. The van der Waals surface area contributed by atoms with E-state index >= 15 is 0 Å². The van der Waals surface area contributed by atoms with Crippen LogP contribution >= 0.6 is 0 Å². The summed E-state index contributed by atoms with van der Waals surface area (Å²) in [4.78, 5) is 24.0. The average Bonchev–Trinajstić information content (AvgIpc) is 2.34. The van der Waals surface area contributed by atoms with Gasteiger partial charge in [0.05, 0.1) is 19.1 Å². The summed E-state index contributed by atoms with van der Waals surface area (Å²) in [6.07, 6.45) is 0.397. The van der Waals surface area contributed by atoms with Crippen LogP contribution in [0.1, 0.15) is 12.8 Å². The number of carboxylic acid groups (broad SMARTS) is 1. The number of aliphatic carboxylic acids is 1. The molecule has 0 spiro atoms. The third-order valence-electron chi connectivity index (χ3n) is 2.71. The van der Waals surface area contributed by atoms with Gasteiger partial charge in [-0.15, -0.1) is 0 Å². The van der Waals surface area contributed by atoms with Gasteiger partial charge in [-0.3, -0.25) is 4.79 Å². The molecule has 0 aromatic rings.